The Morgan fingerprint density at radius 3 is 1.35 bits per heavy atom. The van der Waals surface area contributed by atoms with Gasteiger partial charge in [-0.15, -0.1) is 0 Å². The quantitative estimate of drug-likeness (QED) is 0.368. The highest BCUT2D eigenvalue weighted by molar-refractivity contribution is 5.70. The van der Waals surface area contributed by atoms with E-state index in [1.165, 1.54) is 0 Å². The lowest BCUT2D eigenvalue weighted by atomic mass is 10.3. The number of likely N-dealkylation sites (N-methyl/N-ethyl adjacent to an activating group) is 2. The predicted octanol–water partition coefficient (Wildman–Crippen LogP) is 2.65. The molecule has 0 aromatic rings. The molecule has 6 heteroatoms. The van der Waals surface area contributed by atoms with Crippen LogP contribution in [0.25, 0.3) is 0 Å². The molecule has 0 unspecified atom stereocenters. The standard InChI is InChI=1S/C20H36N2O4/c1-17(2)9-15-25-19(23)7-11-21(5)13-14-22(6)12-8-20(24)26-16-10-18(3)4/h9-10H,7-8,11-16H2,1-6H3. The number of nitrogens with zero attached hydrogens (tertiary/aromatic N) is 2. The third-order valence-electron chi connectivity index (χ3n) is 3.73. The molecule has 0 heterocycles. The van der Waals surface area contributed by atoms with E-state index in [4.69, 9.17) is 9.47 Å². The van der Waals surface area contributed by atoms with Crippen LogP contribution in [0.4, 0.5) is 0 Å². The first-order chi connectivity index (χ1) is 12.2. The van der Waals surface area contributed by atoms with Crippen LogP contribution in [0.3, 0.4) is 0 Å². The van der Waals surface area contributed by atoms with E-state index in [1.807, 2.05) is 53.9 Å². The van der Waals surface area contributed by atoms with E-state index >= 15 is 0 Å². The Kier molecular flexibility index (Phi) is 13.6. The summed E-state index contributed by atoms with van der Waals surface area (Å²) in [6.45, 7) is 11.5. The third kappa shape index (κ3) is 15.8. The largest absolute Gasteiger partial charge is 0.461 e. The maximum Gasteiger partial charge on any atom is 0.307 e. The van der Waals surface area contributed by atoms with Gasteiger partial charge < -0.3 is 19.3 Å². The van der Waals surface area contributed by atoms with Crippen LogP contribution < -0.4 is 0 Å². The first-order valence-electron chi connectivity index (χ1n) is 9.15. The summed E-state index contributed by atoms with van der Waals surface area (Å²) in [5.74, 6) is -0.358. The Morgan fingerprint density at radius 2 is 1.04 bits per heavy atom. The molecule has 0 rings (SSSR count). The summed E-state index contributed by atoms with van der Waals surface area (Å²) in [5, 5.41) is 0. The number of carbonyl (C=O) groups is 2. The minimum atomic E-state index is -0.179. The molecule has 0 N–H and O–H groups in total. The molecule has 0 saturated carbocycles. The van der Waals surface area contributed by atoms with Gasteiger partial charge in [0.05, 0.1) is 12.8 Å². The van der Waals surface area contributed by atoms with Crippen LogP contribution in [0.15, 0.2) is 23.3 Å². The minimum absolute atomic E-state index is 0.179. The predicted molar refractivity (Wildman–Crippen MR) is 105 cm³/mol. The van der Waals surface area contributed by atoms with Gasteiger partial charge >= 0.3 is 11.9 Å². The van der Waals surface area contributed by atoms with E-state index in [-0.39, 0.29) is 11.9 Å². The average Bonchev–Trinajstić information content (AvgIpc) is 2.55. The lowest BCUT2D eigenvalue weighted by molar-refractivity contribution is -0.143. The smallest absolute Gasteiger partial charge is 0.307 e. The molecule has 0 fully saturated rings. The summed E-state index contributed by atoms with van der Waals surface area (Å²) in [5.41, 5.74) is 2.28. The van der Waals surface area contributed by atoms with Crippen LogP contribution in [0.2, 0.25) is 0 Å². The molecule has 0 aliphatic heterocycles. The molecule has 0 amide bonds. The van der Waals surface area contributed by atoms with Crippen molar-refractivity contribution >= 4 is 11.9 Å². The minimum Gasteiger partial charge on any atom is -0.461 e. The summed E-state index contributed by atoms with van der Waals surface area (Å²) in [4.78, 5) is 27.4. The molecule has 0 saturated heterocycles. The lowest BCUT2D eigenvalue weighted by Gasteiger charge is -2.21. The topological polar surface area (TPSA) is 59.1 Å². The highest BCUT2D eigenvalue weighted by Crippen LogP contribution is 1.97. The second-order valence-electron chi connectivity index (χ2n) is 7.04. The Balaban J connectivity index is 3.79. The van der Waals surface area contributed by atoms with Crippen molar-refractivity contribution in [2.75, 3.05) is 53.5 Å². The maximum absolute atomic E-state index is 11.6. The maximum atomic E-state index is 11.6. The zero-order valence-corrected chi connectivity index (χ0v) is 17.3. The van der Waals surface area contributed by atoms with Gasteiger partial charge in [-0.3, -0.25) is 9.59 Å². The zero-order chi connectivity index (χ0) is 19.9. The number of ether oxygens (including phenoxy) is 2. The fraction of sp³-hybridized carbons (Fsp3) is 0.700. The first-order valence-corrected chi connectivity index (χ1v) is 9.15. The molecule has 0 radical (unpaired) electrons. The van der Waals surface area contributed by atoms with E-state index in [9.17, 15) is 9.59 Å². The van der Waals surface area contributed by atoms with Gasteiger partial charge in [0, 0.05) is 26.2 Å². The molecule has 0 spiro atoms. The van der Waals surface area contributed by atoms with Crippen molar-refractivity contribution in [2.45, 2.75) is 40.5 Å². The van der Waals surface area contributed by atoms with Crippen LogP contribution in [-0.4, -0.2) is 75.2 Å². The van der Waals surface area contributed by atoms with Crippen molar-refractivity contribution in [1.82, 2.24) is 9.80 Å². The number of rotatable bonds is 13. The Morgan fingerprint density at radius 1 is 0.692 bits per heavy atom. The van der Waals surface area contributed by atoms with Gasteiger partial charge in [0.1, 0.15) is 13.2 Å². The summed E-state index contributed by atoms with van der Waals surface area (Å²) in [6, 6.07) is 0. The lowest BCUT2D eigenvalue weighted by Crippen LogP contribution is -2.33. The zero-order valence-electron chi connectivity index (χ0n) is 17.3. The molecular formula is C20H36N2O4. The number of esters is 2. The Bertz CT molecular complexity index is 434. The van der Waals surface area contributed by atoms with Crippen molar-refractivity contribution < 1.29 is 19.1 Å². The molecule has 6 nitrogen and oxygen atoms in total. The third-order valence-corrected chi connectivity index (χ3v) is 3.73. The van der Waals surface area contributed by atoms with Crippen LogP contribution in [0, 0.1) is 0 Å². The van der Waals surface area contributed by atoms with Crippen LogP contribution in [0.5, 0.6) is 0 Å². The van der Waals surface area contributed by atoms with Crippen LogP contribution in [-0.2, 0) is 19.1 Å². The molecule has 26 heavy (non-hydrogen) atoms. The summed E-state index contributed by atoms with van der Waals surface area (Å²) in [6.07, 6.45) is 4.55. The van der Waals surface area contributed by atoms with Gasteiger partial charge in [0.15, 0.2) is 0 Å². The van der Waals surface area contributed by atoms with E-state index in [0.717, 1.165) is 24.2 Å². The second kappa shape index (κ2) is 14.5. The van der Waals surface area contributed by atoms with Gasteiger partial charge in [-0.25, -0.2) is 0 Å². The van der Waals surface area contributed by atoms with Crippen molar-refractivity contribution in [2.24, 2.45) is 0 Å². The van der Waals surface area contributed by atoms with E-state index < -0.39 is 0 Å². The van der Waals surface area contributed by atoms with E-state index in [0.29, 0.717) is 39.1 Å². The molecule has 150 valence electrons. The average molecular weight is 369 g/mol. The number of allylic oxidation sites excluding steroid dienone is 2. The fourth-order valence-corrected chi connectivity index (χ4v) is 1.88. The molecular weight excluding hydrogens is 332 g/mol. The van der Waals surface area contributed by atoms with E-state index in [2.05, 4.69) is 9.80 Å². The van der Waals surface area contributed by atoms with Crippen molar-refractivity contribution in [3.8, 4) is 0 Å². The molecule has 0 aliphatic rings. The summed E-state index contributed by atoms with van der Waals surface area (Å²) < 4.78 is 10.3. The first kappa shape index (κ1) is 24.3. The molecule has 0 aromatic carbocycles. The summed E-state index contributed by atoms with van der Waals surface area (Å²) in [7, 11) is 3.95. The Hall–Kier alpha value is -1.66. The van der Waals surface area contributed by atoms with Gasteiger partial charge in [-0.2, -0.15) is 0 Å². The van der Waals surface area contributed by atoms with Crippen LogP contribution in [0.1, 0.15) is 40.5 Å². The number of hydrogen-bond acceptors (Lipinski definition) is 6. The van der Waals surface area contributed by atoms with Gasteiger partial charge in [0.2, 0.25) is 0 Å². The SMILES string of the molecule is CC(C)=CCOC(=O)CCN(C)CCN(C)CCC(=O)OCC=C(C)C. The van der Waals surface area contributed by atoms with Gasteiger partial charge in [-0.1, -0.05) is 11.1 Å². The van der Waals surface area contributed by atoms with E-state index in [1.54, 1.807) is 0 Å². The summed E-state index contributed by atoms with van der Waals surface area (Å²) >= 11 is 0. The van der Waals surface area contributed by atoms with Gasteiger partial charge in [0.25, 0.3) is 0 Å². The fourth-order valence-electron chi connectivity index (χ4n) is 1.88. The van der Waals surface area contributed by atoms with Gasteiger partial charge in [-0.05, 0) is 53.9 Å². The molecule has 0 atom stereocenters. The highest BCUT2D eigenvalue weighted by atomic mass is 16.5. The monoisotopic (exact) mass is 368 g/mol. The van der Waals surface area contributed by atoms with Crippen molar-refractivity contribution in [1.29, 1.82) is 0 Å². The van der Waals surface area contributed by atoms with Crippen LogP contribution >= 0.6 is 0 Å². The number of hydrogen-bond donors (Lipinski definition) is 0. The highest BCUT2D eigenvalue weighted by Gasteiger charge is 2.08. The normalized spacial score (nSPS) is 10.6. The van der Waals surface area contributed by atoms with Crippen molar-refractivity contribution in [3.63, 3.8) is 0 Å². The number of carbonyl (C=O) groups excluding carboxylic acids is 2. The second-order valence-corrected chi connectivity index (χ2v) is 7.04. The Labute approximate surface area is 158 Å². The molecule has 0 aromatic heterocycles. The molecule has 0 aliphatic carbocycles. The van der Waals surface area contributed by atoms with Crippen molar-refractivity contribution in [3.05, 3.63) is 23.3 Å². The molecule has 0 bridgehead atoms.